The van der Waals surface area contributed by atoms with E-state index in [4.69, 9.17) is 14.1 Å². The molecule has 3 rings (SSSR count). The summed E-state index contributed by atoms with van der Waals surface area (Å²) in [5.74, 6) is 1.85. The Morgan fingerprint density at radius 3 is 2.48 bits per heavy atom. The molecule has 152 valence electrons. The van der Waals surface area contributed by atoms with Crippen LogP contribution >= 0.6 is 24.0 Å². The van der Waals surface area contributed by atoms with Crippen molar-refractivity contribution in [2.75, 3.05) is 26.7 Å². The molecule has 1 aromatic heterocycles. The van der Waals surface area contributed by atoms with Crippen molar-refractivity contribution in [1.82, 2.24) is 15.5 Å². The van der Waals surface area contributed by atoms with Crippen LogP contribution in [-0.2, 0) is 11.2 Å². The predicted molar refractivity (Wildman–Crippen MR) is 116 cm³/mol. The number of guanidine groups is 1. The van der Waals surface area contributed by atoms with Crippen LogP contribution in [-0.4, -0.2) is 55.8 Å². The highest BCUT2D eigenvalue weighted by Gasteiger charge is 2.24. The maximum Gasteiger partial charge on any atom is 0.409 e. The molecule has 8 heteroatoms. The Morgan fingerprint density at radius 1 is 1.22 bits per heavy atom. The summed E-state index contributed by atoms with van der Waals surface area (Å²) in [4.78, 5) is 18.1. The SMILES string of the molecule is COC(=O)N1CCC(NC(=NCCc2ccco2)NC2CCCC2)CC1.I. The number of furan rings is 1. The molecule has 0 radical (unpaired) electrons. The molecule has 0 atom stereocenters. The molecule has 2 fully saturated rings. The third-order valence-corrected chi connectivity index (χ3v) is 5.17. The number of nitrogens with one attached hydrogen (secondary N) is 2. The molecular weight excluding hydrogens is 459 g/mol. The molecule has 2 aliphatic rings. The summed E-state index contributed by atoms with van der Waals surface area (Å²) in [6.07, 6.45) is 9.05. The number of ether oxygens (including phenoxy) is 1. The molecule has 7 nitrogen and oxygen atoms in total. The minimum absolute atomic E-state index is 0. The molecule has 2 N–H and O–H groups in total. The summed E-state index contributed by atoms with van der Waals surface area (Å²) in [6.45, 7) is 2.12. The van der Waals surface area contributed by atoms with Gasteiger partial charge in [0.2, 0.25) is 0 Å². The summed E-state index contributed by atoms with van der Waals surface area (Å²) in [6, 6.07) is 4.73. The first-order chi connectivity index (χ1) is 12.7. The lowest BCUT2D eigenvalue weighted by atomic mass is 10.1. The van der Waals surface area contributed by atoms with Gasteiger partial charge in [-0.1, -0.05) is 12.8 Å². The summed E-state index contributed by atoms with van der Waals surface area (Å²) >= 11 is 0. The minimum Gasteiger partial charge on any atom is -0.469 e. The van der Waals surface area contributed by atoms with Gasteiger partial charge < -0.3 is 24.7 Å². The predicted octanol–water partition coefficient (Wildman–Crippen LogP) is 3.15. The van der Waals surface area contributed by atoms with Crippen molar-refractivity contribution in [2.45, 2.75) is 57.0 Å². The van der Waals surface area contributed by atoms with Crippen molar-refractivity contribution in [1.29, 1.82) is 0 Å². The van der Waals surface area contributed by atoms with Gasteiger partial charge in [-0.25, -0.2) is 4.79 Å². The van der Waals surface area contributed by atoms with Crippen molar-refractivity contribution in [3.63, 3.8) is 0 Å². The van der Waals surface area contributed by atoms with E-state index in [9.17, 15) is 4.79 Å². The zero-order chi connectivity index (χ0) is 18.2. The second-order valence-electron chi connectivity index (χ2n) is 7.06. The second kappa shape index (κ2) is 11.4. The lowest BCUT2D eigenvalue weighted by Crippen LogP contribution is -2.51. The normalized spacial score (nSPS) is 18.9. The molecule has 1 amide bonds. The van der Waals surface area contributed by atoms with Crippen LogP contribution in [0.2, 0.25) is 0 Å². The Morgan fingerprint density at radius 2 is 1.89 bits per heavy atom. The number of carbonyl (C=O) groups excluding carboxylic acids is 1. The molecule has 0 unspecified atom stereocenters. The van der Waals surface area contributed by atoms with Gasteiger partial charge >= 0.3 is 6.09 Å². The van der Waals surface area contributed by atoms with Crippen LogP contribution in [0.4, 0.5) is 4.79 Å². The summed E-state index contributed by atoms with van der Waals surface area (Å²) in [7, 11) is 1.43. The highest BCUT2D eigenvalue weighted by molar-refractivity contribution is 14.0. The number of nitrogens with zero attached hydrogens (tertiary/aromatic N) is 2. The van der Waals surface area contributed by atoms with E-state index < -0.39 is 0 Å². The molecular formula is C19H31IN4O3. The molecule has 1 aliphatic carbocycles. The first kappa shape index (κ1) is 21.8. The Bertz CT molecular complexity index is 580. The number of hydrogen-bond donors (Lipinski definition) is 2. The van der Waals surface area contributed by atoms with E-state index in [1.165, 1.54) is 32.8 Å². The first-order valence-electron chi connectivity index (χ1n) is 9.67. The fourth-order valence-electron chi connectivity index (χ4n) is 3.66. The largest absolute Gasteiger partial charge is 0.469 e. The quantitative estimate of drug-likeness (QED) is 0.377. The third kappa shape index (κ3) is 6.90. The fourth-order valence-corrected chi connectivity index (χ4v) is 3.66. The van der Waals surface area contributed by atoms with Gasteiger partial charge in [-0.2, -0.15) is 0 Å². The average Bonchev–Trinajstić information content (AvgIpc) is 3.36. The van der Waals surface area contributed by atoms with Gasteiger partial charge in [-0.3, -0.25) is 4.99 Å². The highest BCUT2D eigenvalue weighted by Crippen LogP contribution is 2.18. The minimum atomic E-state index is -0.236. The number of carbonyl (C=O) groups is 1. The van der Waals surface area contributed by atoms with Crippen molar-refractivity contribution < 1.29 is 13.9 Å². The Balaban J connectivity index is 0.00000261. The Hall–Kier alpha value is -1.45. The van der Waals surface area contributed by atoms with Crippen LogP contribution in [0.3, 0.4) is 0 Å². The van der Waals surface area contributed by atoms with Crippen molar-refractivity contribution in [3.8, 4) is 0 Å². The highest BCUT2D eigenvalue weighted by atomic mass is 127. The first-order valence-corrected chi connectivity index (χ1v) is 9.67. The van der Waals surface area contributed by atoms with Gasteiger partial charge in [0.25, 0.3) is 0 Å². The average molecular weight is 490 g/mol. The van der Waals surface area contributed by atoms with Crippen molar-refractivity contribution >= 4 is 36.0 Å². The van der Waals surface area contributed by atoms with E-state index in [2.05, 4.69) is 10.6 Å². The second-order valence-corrected chi connectivity index (χ2v) is 7.06. The van der Waals surface area contributed by atoms with Gasteiger partial charge in [0.1, 0.15) is 5.76 Å². The number of likely N-dealkylation sites (tertiary alicyclic amines) is 1. The van der Waals surface area contributed by atoms with Crippen LogP contribution in [0.15, 0.2) is 27.8 Å². The van der Waals surface area contributed by atoms with Gasteiger partial charge in [0.15, 0.2) is 5.96 Å². The number of methoxy groups -OCH3 is 1. The maximum absolute atomic E-state index is 11.6. The molecule has 1 saturated heterocycles. The molecule has 0 aromatic carbocycles. The number of aliphatic imine (C=N–C) groups is 1. The lowest BCUT2D eigenvalue weighted by molar-refractivity contribution is 0.111. The number of rotatable bonds is 5. The van der Waals surface area contributed by atoms with E-state index in [0.29, 0.717) is 31.7 Å². The molecule has 2 heterocycles. The standard InChI is InChI=1S/C19H30N4O3.HI/c1-25-19(24)23-12-9-16(10-13-23)22-18(21-15-5-2-3-6-15)20-11-8-17-7-4-14-26-17;/h4,7,14-16H,2-3,5-6,8-13H2,1H3,(H2,20,21,22);1H. The molecule has 0 spiro atoms. The number of halogens is 1. The summed E-state index contributed by atoms with van der Waals surface area (Å²) < 4.78 is 10.2. The van der Waals surface area contributed by atoms with E-state index in [0.717, 1.165) is 31.0 Å². The Labute approximate surface area is 178 Å². The number of piperidine rings is 1. The molecule has 1 aromatic rings. The lowest BCUT2D eigenvalue weighted by Gasteiger charge is -2.32. The van der Waals surface area contributed by atoms with E-state index in [1.54, 1.807) is 11.2 Å². The van der Waals surface area contributed by atoms with Gasteiger partial charge in [0, 0.05) is 38.1 Å². The maximum atomic E-state index is 11.6. The van der Waals surface area contributed by atoms with Gasteiger partial charge in [-0.15, -0.1) is 24.0 Å². The zero-order valence-electron chi connectivity index (χ0n) is 16.0. The van der Waals surface area contributed by atoms with Crippen LogP contribution in [0.25, 0.3) is 0 Å². The van der Waals surface area contributed by atoms with E-state index in [-0.39, 0.29) is 30.1 Å². The van der Waals surface area contributed by atoms with Crippen LogP contribution in [0.1, 0.15) is 44.3 Å². The van der Waals surface area contributed by atoms with Crippen LogP contribution in [0.5, 0.6) is 0 Å². The monoisotopic (exact) mass is 490 g/mol. The van der Waals surface area contributed by atoms with Crippen LogP contribution in [0, 0.1) is 0 Å². The molecule has 0 bridgehead atoms. The fraction of sp³-hybridized carbons (Fsp3) is 0.684. The zero-order valence-corrected chi connectivity index (χ0v) is 18.3. The van der Waals surface area contributed by atoms with Crippen LogP contribution < -0.4 is 10.6 Å². The Kier molecular flexibility index (Phi) is 9.23. The number of hydrogen-bond acceptors (Lipinski definition) is 4. The van der Waals surface area contributed by atoms with Gasteiger partial charge in [-0.05, 0) is 37.8 Å². The van der Waals surface area contributed by atoms with Crippen molar-refractivity contribution in [2.24, 2.45) is 4.99 Å². The molecule has 27 heavy (non-hydrogen) atoms. The summed E-state index contributed by atoms with van der Waals surface area (Å²) in [5, 5.41) is 7.16. The third-order valence-electron chi connectivity index (χ3n) is 5.17. The molecule has 1 aliphatic heterocycles. The van der Waals surface area contributed by atoms with E-state index >= 15 is 0 Å². The van der Waals surface area contributed by atoms with E-state index in [1.807, 2.05) is 12.1 Å². The summed E-state index contributed by atoms with van der Waals surface area (Å²) in [5.41, 5.74) is 0. The number of amides is 1. The topological polar surface area (TPSA) is 79.1 Å². The van der Waals surface area contributed by atoms with Gasteiger partial charge in [0.05, 0.1) is 13.4 Å². The van der Waals surface area contributed by atoms with Crippen molar-refractivity contribution in [3.05, 3.63) is 24.2 Å². The smallest absolute Gasteiger partial charge is 0.409 e. The molecule has 1 saturated carbocycles.